The number of ether oxygens (including phenoxy) is 2. The molecule has 0 aliphatic heterocycles. The number of Topliss-reactive ketones (excluding diaryl/α,β-unsaturated/α-hetero) is 1. The number of carbonyl (C=O) groups is 2. The van der Waals surface area contributed by atoms with Gasteiger partial charge in [0, 0.05) is 46.1 Å². The van der Waals surface area contributed by atoms with E-state index >= 15 is 0 Å². The Bertz CT molecular complexity index is 435. The van der Waals surface area contributed by atoms with Gasteiger partial charge in [0.05, 0.1) is 6.61 Å². The Morgan fingerprint density at radius 1 is 1.00 bits per heavy atom. The molecule has 1 aliphatic rings. The minimum absolute atomic E-state index is 0.0579. The van der Waals surface area contributed by atoms with E-state index in [1.807, 2.05) is 0 Å². The maximum Gasteiger partial charge on any atom is 0.222 e. The van der Waals surface area contributed by atoms with Crippen molar-refractivity contribution in [3.63, 3.8) is 0 Å². The number of methoxy groups -OCH3 is 2. The van der Waals surface area contributed by atoms with E-state index in [-0.39, 0.29) is 22.8 Å². The SMILES string of the molecule is COCCCC(=O)CCC1(C)CC(NC(=O)CCOC)CC(C)(C)C1. The molecule has 1 saturated carbocycles. The van der Waals surface area contributed by atoms with Gasteiger partial charge in [-0.15, -0.1) is 0 Å². The third-order valence-electron chi connectivity index (χ3n) is 5.15. The molecule has 1 N–H and O–H groups in total. The quantitative estimate of drug-likeness (QED) is 0.576. The van der Waals surface area contributed by atoms with Crippen molar-refractivity contribution in [2.75, 3.05) is 27.4 Å². The van der Waals surface area contributed by atoms with Crippen LogP contribution in [0.4, 0.5) is 0 Å². The van der Waals surface area contributed by atoms with Crippen LogP contribution in [0.1, 0.15) is 72.1 Å². The van der Waals surface area contributed by atoms with E-state index in [1.165, 1.54) is 0 Å². The fourth-order valence-electron chi connectivity index (χ4n) is 4.40. The number of hydrogen-bond acceptors (Lipinski definition) is 4. The molecule has 146 valence electrons. The Morgan fingerprint density at radius 2 is 1.68 bits per heavy atom. The van der Waals surface area contributed by atoms with Crippen LogP contribution < -0.4 is 5.32 Å². The van der Waals surface area contributed by atoms with Crippen LogP contribution in [0, 0.1) is 10.8 Å². The van der Waals surface area contributed by atoms with Gasteiger partial charge in [-0.05, 0) is 42.9 Å². The van der Waals surface area contributed by atoms with Crippen molar-refractivity contribution in [1.82, 2.24) is 5.32 Å². The molecule has 1 fully saturated rings. The average molecular weight is 356 g/mol. The molecule has 0 saturated heterocycles. The van der Waals surface area contributed by atoms with E-state index < -0.39 is 0 Å². The van der Waals surface area contributed by atoms with E-state index in [4.69, 9.17) is 9.47 Å². The first-order chi connectivity index (χ1) is 11.7. The molecule has 0 aromatic heterocycles. The minimum Gasteiger partial charge on any atom is -0.385 e. The first-order valence-corrected chi connectivity index (χ1v) is 9.49. The molecule has 1 aliphatic carbocycles. The van der Waals surface area contributed by atoms with Crippen LogP contribution in [0.2, 0.25) is 0 Å². The molecule has 0 radical (unpaired) electrons. The minimum atomic E-state index is 0.0579. The number of hydrogen-bond donors (Lipinski definition) is 1. The second-order valence-electron chi connectivity index (χ2n) is 8.70. The highest BCUT2D eigenvalue weighted by atomic mass is 16.5. The lowest BCUT2D eigenvalue weighted by Crippen LogP contribution is -2.47. The Balaban J connectivity index is 2.55. The standard InChI is InChI=1S/C20H37NO4/c1-19(2)13-16(21-18(23)9-12-25-5)14-20(3,15-19)10-8-17(22)7-6-11-24-4/h16H,6-15H2,1-5H3,(H,21,23). The zero-order valence-electron chi connectivity index (χ0n) is 16.8. The van der Waals surface area contributed by atoms with Crippen molar-refractivity contribution in [2.24, 2.45) is 10.8 Å². The summed E-state index contributed by atoms with van der Waals surface area (Å²) < 4.78 is 9.99. The van der Waals surface area contributed by atoms with E-state index in [1.54, 1.807) is 14.2 Å². The van der Waals surface area contributed by atoms with E-state index in [0.29, 0.717) is 38.3 Å². The highest BCUT2D eigenvalue weighted by Gasteiger charge is 2.41. The summed E-state index contributed by atoms with van der Waals surface area (Å²) in [7, 11) is 3.27. The predicted molar refractivity (Wildman–Crippen MR) is 99.5 cm³/mol. The van der Waals surface area contributed by atoms with Crippen LogP contribution in [0.25, 0.3) is 0 Å². The van der Waals surface area contributed by atoms with Gasteiger partial charge in [-0.1, -0.05) is 20.8 Å². The number of amides is 1. The molecule has 25 heavy (non-hydrogen) atoms. The van der Waals surface area contributed by atoms with Crippen molar-refractivity contribution >= 4 is 11.7 Å². The molecule has 5 heteroatoms. The molecule has 1 rings (SSSR count). The molecule has 2 atom stereocenters. The predicted octanol–water partition coefficient (Wildman–Crippen LogP) is 3.50. The summed E-state index contributed by atoms with van der Waals surface area (Å²) in [5.41, 5.74) is 0.267. The molecular weight excluding hydrogens is 318 g/mol. The molecule has 5 nitrogen and oxygen atoms in total. The summed E-state index contributed by atoms with van der Waals surface area (Å²) in [6.07, 6.45) is 6.36. The molecule has 0 aromatic rings. The lowest BCUT2D eigenvalue weighted by atomic mass is 9.61. The van der Waals surface area contributed by atoms with Gasteiger partial charge in [-0.2, -0.15) is 0 Å². The number of ketones is 1. The summed E-state index contributed by atoms with van der Waals surface area (Å²) in [4.78, 5) is 24.2. The van der Waals surface area contributed by atoms with Gasteiger partial charge in [0.15, 0.2) is 0 Å². The Hall–Kier alpha value is -0.940. The second kappa shape index (κ2) is 10.3. The zero-order chi connectivity index (χ0) is 18.9. The summed E-state index contributed by atoms with van der Waals surface area (Å²) in [6, 6.07) is 0.182. The lowest BCUT2D eigenvalue weighted by Gasteiger charge is -2.47. The van der Waals surface area contributed by atoms with Crippen molar-refractivity contribution in [3.8, 4) is 0 Å². The maximum absolute atomic E-state index is 12.1. The first kappa shape index (κ1) is 22.1. The molecule has 0 bridgehead atoms. The summed E-state index contributed by atoms with van der Waals surface area (Å²) in [5.74, 6) is 0.380. The summed E-state index contributed by atoms with van der Waals surface area (Å²) in [6.45, 7) is 7.89. The highest BCUT2D eigenvalue weighted by molar-refractivity contribution is 5.78. The zero-order valence-corrected chi connectivity index (χ0v) is 16.8. The fourth-order valence-corrected chi connectivity index (χ4v) is 4.40. The molecule has 0 aromatic carbocycles. The molecule has 0 heterocycles. The van der Waals surface area contributed by atoms with Crippen LogP contribution in [0.5, 0.6) is 0 Å². The Labute approximate surface area is 153 Å². The van der Waals surface area contributed by atoms with Gasteiger partial charge in [-0.3, -0.25) is 9.59 Å². The smallest absolute Gasteiger partial charge is 0.222 e. The van der Waals surface area contributed by atoms with Crippen LogP contribution >= 0.6 is 0 Å². The van der Waals surface area contributed by atoms with Gasteiger partial charge in [0.1, 0.15) is 5.78 Å². The maximum atomic E-state index is 12.1. The summed E-state index contributed by atoms with van der Waals surface area (Å²) in [5, 5.41) is 3.17. The van der Waals surface area contributed by atoms with Crippen molar-refractivity contribution in [2.45, 2.75) is 78.2 Å². The van der Waals surface area contributed by atoms with Gasteiger partial charge in [0.2, 0.25) is 5.91 Å². The second-order valence-corrected chi connectivity index (χ2v) is 8.70. The van der Waals surface area contributed by atoms with E-state index in [0.717, 1.165) is 32.1 Å². The van der Waals surface area contributed by atoms with E-state index in [2.05, 4.69) is 26.1 Å². The van der Waals surface area contributed by atoms with Gasteiger partial charge in [-0.25, -0.2) is 0 Å². The normalized spacial score (nSPS) is 25.6. The fraction of sp³-hybridized carbons (Fsp3) is 0.900. The van der Waals surface area contributed by atoms with Crippen LogP contribution in [0.3, 0.4) is 0 Å². The van der Waals surface area contributed by atoms with Crippen molar-refractivity contribution < 1.29 is 19.1 Å². The van der Waals surface area contributed by atoms with E-state index in [9.17, 15) is 9.59 Å². The van der Waals surface area contributed by atoms with Crippen molar-refractivity contribution in [1.29, 1.82) is 0 Å². The molecular formula is C20H37NO4. The average Bonchev–Trinajstić information content (AvgIpc) is 2.49. The number of rotatable bonds is 11. The van der Waals surface area contributed by atoms with Crippen LogP contribution in [-0.4, -0.2) is 45.2 Å². The van der Waals surface area contributed by atoms with Crippen LogP contribution in [0.15, 0.2) is 0 Å². The topological polar surface area (TPSA) is 64.6 Å². The van der Waals surface area contributed by atoms with Gasteiger partial charge < -0.3 is 14.8 Å². The Morgan fingerprint density at radius 3 is 2.32 bits per heavy atom. The molecule has 2 unspecified atom stereocenters. The monoisotopic (exact) mass is 355 g/mol. The first-order valence-electron chi connectivity index (χ1n) is 9.49. The third kappa shape index (κ3) is 8.82. The number of nitrogens with one attached hydrogen (secondary N) is 1. The molecule has 0 spiro atoms. The van der Waals surface area contributed by atoms with Crippen LogP contribution in [-0.2, 0) is 19.1 Å². The summed E-state index contributed by atoms with van der Waals surface area (Å²) >= 11 is 0. The van der Waals surface area contributed by atoms with Gasteiger partial charge in [0.25, 0.3) is 0 Å². The highest BCUT2D eigenvalue weighted by Crippen LogP contribution is 2.48. The van der Waals surface area contributed by atoms with Gasteiger partial charge >= 0.3 is 0 Å². The Kier molecular flexibility index (Phi) is 9.08. The largest absolute Gasteiger partial charge is 0.385 e. The third-order valence-corrected chi connectivity index (χ3v) is 5.15. The lowest BCUT2D eigenvalue weighted by molar-refractivity contribution is -0.124. The van der Waals surface area contributed by atoms with Crippen molar-refractivity contribution in [3.05, 3.63) is 0 Å². The number of carbonyl (C=O) groups excluding carboxylic acids is 2. The molecule has 1 amide bonds.